The molecule has 1 heterocycles. The van der Waals surface area contributed by atoms with Gasteiger partial charge in [0.15, 0.2) is 5.13 Å². The monoisotopic (exact) mass is 414 g/mol. The summed E-state index contributed by atoms with van der Waals surface area (Å²) in [7, 11) is 0. The topological polar surface area (TPSA) is 83.2 Å². The highest BCUT2D eigenvalue weighted by Gasteiger charge is 2.07. The molecule has 0 aliphatic heterocycles. The minimum atomic E-state index is 0.102. The Morgan fingerprint density at radius 2 is 1.70 bits per heavy atom. The van der Waals surface area contributed by atoms with E-state index < -0.39 is 0 Å². The summed E-state index contributed by atoms with van der Waals surface area (Å²) in [5.41, 5.74) is 10.3. The van der Waals surface area contributed by atoms with Gasteiger partial charge in [-0.2, -0.15) is 0 Å². The van der Waals surface area contributed by atoms with Gasteiger partial charge in [0.2, 0.25) is 0 Å². The van der Waals surface area contributed by atoms with Crippen LogP contribution < -0.4 is 16.4 Å². The molecule has 0 fully saturated rings. The molecule has 0 saturated heterocycles. The molecule has 4 aromatic rings. The summed E-state index contributed by atoms with van der Waals surface area (Å²) in [6, 6.07) is 22.0. The number of phenolic OH excluding ortho intramolecular Hbond substituents is 1. The number of fused-ring (bicyclic) bond motifs is 1. The van der Waals surface area contributed by atoms with Gasteiger partial charge in [0, 0.05) is 12.1 Å². The van der Waals surface area contributed by atoms with E-state index >= 15 is 0 Å². The average Bonchev–Trinajstić information content (AvgIpc) is 3.14. The molecule has 5 nitrogen and oxygen atoms in total. The van der Waals surface area contributed by atoms with Gasteiger partial charge in [0.1, 0.15) is 11.3 Å². The number of nitrogens with zero attached hydrogens (tertiary/aromatic N) is 1. The second-order valence-corrected chi connectivity index (χ2v) is 7.82. The summed E-state index contributed by atoms with van der Waals surface area (Å²) in [4.78, 5) is 4.12. The first-order valence-electron chi connectivity index (χ1n) is 9.67. The zero-order chi connectivity index (χ0) is 20.8. The van der Waals surface area contributed by atoms with Crippen LogP contribution in [0.2, 0.25) is 0 Å². The van der Waals surface area contributed by atoms with Gasteiger partial charge < -0.3 is 21.5 Å². The maximum atomic E-state index is 10.1. The van der Waals surface area contributed by atoms with E-state index in [0.29, 0.717) is 17.2 Å². The standard InChI is InChI=1S/C24H22N4OS/c25-24-28-23-21(29)15-18(16-22(23)30-24)9-6-13-26-19-10-4-5-11-20(19)27-14-12-17-7-2-1-3-8-17/h1-5,7-8,10-11,15-16,26-27,29H,12-14H2,(H2,25,28). The Morgan fingerprint density at radius 3 is 2.50 bits per heavy atom. The predicted molar refractivity (Wildman–Crippen MR) is 126 cm³/mol. The number of hydrogen-bond acceptors (Lipinski definition) is 6. The average molecular weight is 415 g/mol. The maximum Gasteiger partial charge on any atom is 0.181 e. The van der Waals surface area contributed by atoms with Gasteiger partial charge in [0.05, 0.1) is 22.6 Å². The molecule has 0 bridgehead atoms. The number of rotatable bonds is 6. The fourth-order valence-electron chi connectivity index (χ4n) is 3.16. The third-order valence-electron chi connectivity index (χ3n) is 4.59. The van der Waals surface area contributed by atoms with Crippen LogP contribution in [-0.2, 0) is 6.42 Å². The van der Waals surface area contributed by atoms with E-state index in [1.165, 1.54) is 16.9 Å². The largest absolute Gasteiger partial charge is 0.506 e. The lowest BCUT2D eigenvalue weighted by Gasteiger charge is -2.12. The molecule has 150 valence electrons. The fraction of sp³-hybridized carbons (Fsp3) is 0.125. The lowest BCUT2D eigenvalue weighted by Crippen LogP contribution is -2.08. The van der Waals surface area contributed by atoms with Crippen LogP contribution in [0.5, 0.6) is 5.75 Å². The predicted octanol–water partition coefficient (Wildman–Crippen LogP) is 4.70. The van der Waals surface area contributed by atoms with Crippen molar-refractivity contribution >= 4 is 38.1 Å². The normalized spacial score (nSPS) is 10.4. The van der Waals surface area contributed by atoms with Crippen molar-refractivity contribution in [1.29, 1.82) is 0 Å². The number of thiazole rings is 1. The third kappa shape index (κ3) is 4.83. The van der Waals surface area contributed by atoms with Crippen LogP contribution in [0, 0.1) is 11.8 Å². The molecule has 0 atom stereocenters. The van der Waals surface area contributed by atoms with E-state index in [1.54, 1.807) is 6.07 Å². The highest BCUT2D eigenvalue weighted by molar-refractivity contribution is 7.22. The zero-order valence-corrected chi connectivity index (χ0v) is 17.2. The molecule has 1 aromatic heterocycles. The van der Waals surface area contributed by atoms with Crippen LogP contribution >= 0.6 is 11.3 Å². The smallest absolute Gasteiger partial charge is 0.181 e. The SMILES string of the molecule is Nc1nc2c(O)cc(C#CCNc3ccccc3NCCc3ccccc3)cc2s1. The number of para-hydroxylation sites is 2. The van der Waals surface area contributed by atoms with Crippen LogP contribution in [-0.4, -0.2) is 23.2 Å². The number of aromatic hydroxyl groups is 1. The van der Waals surface area contributed by atoms with Gasteiger partial charge in [0.25, 0.3) is 0 Å². The van der Waals surface area contributed by atoms with Gasteiger partial charge in [-0.3, -0.25) is 0 Å². The minimum Gasteiger partial charge on any atom is -0.506 e. The van der Waals surface area contributed by atoms with Crippen molar-refractivity contribution in [2.45, 2.75) is 6.42 Å². The number of phenols is 1. The van der Waals surface area contributed by atoms with Crippen LogP contribution in [0.25, 0.3) is 10.2 Å². The molecule has 6 heteroatoms. The van der Waals surface area contributed by atoms with Crippen LogP contribution in [0.1, 0.15) is 11.1 Å². The molecule has 4 rings (SSSR count). The van der Waals surface area contributed by atoms with Crippen LogP contribution in [0.3, 0.4) is 0 Å². The molecule has 5 N–H and O–H groups in total. The van der Waals surface area contributed by atoms with E-state index in [2.05, 4.69) is 57.8 Å². The van der Waals surface area contributed by atoms with Crippen molar-refractivity contribution < 1.29 is 5.11 Å². The highest BCUT2D eigenvalue weighted by Crippen LogP contribution is 2.31. The van der Waals surface area contributed by atoms with E-state index in [4.69, 9.17) is 5.73 Å². The number of aromatic nitrogens is 1. The summed E-state index contributed by atoms with van der Waals surface area (Å²) in [6.45, 7) is 1.34. The van der Waals surface area contributed by atoms with Crippen LogP contribution in [0.15, 0.2) is 66.7 Å². The van der Waals surface area contributed by atoms with Gasteiger partial charge in [-0.25, -0.2) is 4.98 Å². The first kappa shape index (κ1) is 19.6. The summed E-state index contributed by atoms with van der Waals surface area (Å²) in [5.74, 6) is 6.30. The van der Waals surface area contributed by atoms with Crippen molar-refractivity contribution in [2.24, 2.45) is 0 Å². The van der Waals surface area contributed by atoms with Gasteiger partial charge in [-0.15, -0.1) is 0 Å². The molecule has 0 aliphatic rings. The van der Waals surface area contributed by atoms with Crippen molar-refractivity contribution in [3.63, 3.8) is 0 Å². The summed E-state index contributed by atoms with van der Waals surface area (Å²) in [6.07, 6.45) is 0.961. The van der Waals surface area contributed by atoms with Crippen molar-refractivity contribution in [1.82, 2.24) is 4.98 Å². The Balaban J connectivity index is 1.37. The number of nitrogens with two attached hydrogens (primary N) is 1. The number of benzene rings is 3. The maximum absolute atomic E-state index is 10.1. The first-order valence-corrected chi connectivity index (χ1v) is 10.5. The van der Waals surface area contributed by atoms with E-state index in [9.17, 15) is 5.11 Å². The van der Waals surface area contributed by atoms with Gasteiger partial charge in [-0.05, 0) is 36.2 Å². The second kappa shape index (κ2) is 9.21. The molecule has 0 aliphatic carbocycles. The van der Waals surface area contributed by atoms with Gasteiger partial charge >= 0.3 is 0 Å². The van der Waals surface area contributed by atoms with E-state index in [-0.39, 0.29) is 5.75 Å². The van der Waals surface area contributed by atoms with Crippen molar-refractivity contribution in [3.05, 3.63) is 77.9 Å². The lowest BCUT2D eigenvalue weighted by atomic mass is 10.1. The molecular formula is C24H22N4OS. The van der Waals surface area contributed by atoms with Crippen molar-refractivity contribution in [2.75, 3.05) is 29.5 Å². The minimum absolute atomic E-state index is 0.102. The quantitative estimate of drug-likeness (QED) is 0.344. The molecule has 0 amide bonds. The molecule has 30 heavy (non-hydrogen) atoms. The van der Waals surface area contributed by atoms with E-state index in [0.717, 1.165) is 34.6 Å². The molecule has 0 radical (unpaired) electrons. The van der Waals surface area contributed by atoms with Gasteiger partial charge in [-0.1, -0.05) is 65.6 Å². The Hall–Kier alpha value is -3.69. The Kier molecular flexibility index (Phi) is 6.02. The second-order valence-electron chi connectivity index (χ2n) is 6.76. The van der Waals surface area contributed by atoms with Crippen molar-refractivity contribution in [3.8, 4) is 17.6 Å². The zero-order valence-electron chi connectivity index (χ0n) is 16.4. The molecule has 0 unspecified atom stereocenters. The third-order valence-corrected chi connectivity index (χ3v) is 5.42. The fourth-order valence-corrected chi connectivity index (χ4v) is 3.96. The first-order chi connectivity index (χ1) is 14.7. The number of nitrogens with one attached hydrogen (secondary N) is 2. The number of anilines is 3. The number of nitrogen functional groups attached to an aromatic ring is 1. The Bertz CT molecular complexity index is 1210. The molecule has 0 saturated carbocycles. The van der Waals surface area contributed by atoms with Crippen LogP contribution in [0.4, 0.5) is 16.5 Å². The highest BCUT2D eigenvalue weighted by atomic mass is 32.1. The Labute approximate surface area is 179 Å². The number of hydrogen-bond donors (Lipinski definition) is 4. The summed E-state index contributed by atoms with van der Waals surface area (Å²) in [5, 5.41) is 17.4. The summed E-state index contributed by atoms with van der Waals surface area (Å²) < 4.78 is 0.831. The molecule has 0 spiro atoms. The molecular weight excluding hydrogens is 392 g/mol. The Morgan fingerprint density at radius 1 is 0.967 bits per heavy atom. The summed E-state index contributed by atoms with van der Waals surface area (Å²) >= 11 is 1.34. The van der Waals surface area contributed by atoms with E-state index in [1.807, 2.05) is 30.3 Å². The lowest BCUT2D eigenvalue weighted by molar-refractivity contribution is 0.480. The molecule has 3 aromatic carbocycles.